The first-order valence-electron chi connectivity index (χ1n) is 8.81. The Morgan fingerprint density at radius 3 is 2.33 bits per heavy atom. The molecule has 0 saturated carbocycles. The van der Waals surface area contributed by atoms with Crippen LogP contribution in [-0.2, 0) is 10.0 Å². The fourth-order valence-electron chi connectivity index (χ4n) is 2.91. The van der Waals surface area contributed by atoms with E-state index >= 15 is 0 Å². The number of primary sulfonamides is 1. The highest BCUT2D eigenvalue weighted by molar-refractivity contribution is 7.89. The summed E-state index contributed by atoms with van der Waals surface area (Å²) in [6.07, 6.45) is 0. The topological polar surface area (TPSA) is 105 Å². The van der Waals surface area contributed by atoms with Crippen LogP contribution in [-0.4, -0.2) is 39.0 Å². The van der Waals surface area contributed by atoms with E-state index in [2.05, 4.69) is 29.4 Å². The van der Waals surface area contributed by atoms with Crippen molar-refractivity contribution in [1.82, 2.24) is 10.2 Å². The minimum atomic E-state index is -3.82. The smallest absolute Gasteiger partial charge is 0.319 e. The number of rotatable bonds is 8. The minimum absolute atomic E-state index is 0.0442. The van der Waals surface area contributed by atoms with E-state index < -0.39 is 16.1 Å². The lowest BCUT2D eigenvalue weighted by Crippen LogP contribution is -2.39. The molecule has 8 heteroatoms. The van der Waals surface area contributed by atoms with Crippen LogP contribution in [0, 0.1) is 0 Å². The molecule has 0 saturated heterocycles. The number of sulfonamides is 1. The van der Waals surface area contributed by atoms with Crippen molar-refractivity contribution in [2.24, 2.45) is 5.14 Å². The lowest BCUT2D eigenvalue weighted by atomic mass is 10.1. The van der Waals surface area contributed by atoms with Crippen molar-refractivity contribution in [1.29, 1.82) is 0 Å². The van der Waals surface area contributed by atoms with Gasteiger partial charge in [0.15, 0.2) is 0 Å². The number of amides is 2. The van der Waals surface area contributed by atoms with Crippen molar-refractivity contribution < 1.29 is 13.2 Å². The molecule has 4 N–H and O–H groups in total. The third-order valence-electron chi connectivity index (χ3n) is 4.31. The summed E-state index contributed by atoms with van der Waals surface area (Å²) in [6, 6.07) is 15.5. The highest BCUT2D eigenvalue weighted by atomic mass is 32.2. The van der Waals surface area contributed by atoms with Crippen LogP contribution in [0.5, 0.6) is 0 Å². The number of hydrogen-bond donors (Lipinski definition) is 3. The van der Waals surface area contributed by atoms with E-state index in [0.717, 1.165) is 18.7 Å². The van der Waals surface area contributed by atoms with Gasteiger partial charge in [0.05, 0.1) is 10.9 Å². The van der Waals surface area contributed by atoms with Crippen LogP contribution in [0.15, 0.2) is 59.5 Å². The molecule has 0 bridgehead atoms. The molecule has 2 aromatic carbocycles. The van der Waals surface area contributed by atoms with Crippen LogP contribution >= 0.6 is 0 Å². The zero-order chi connectivity index (χ0) is 19.9. The SMILES string of the molecule is CCN(CC)C(CNC(=O)Nc1cccc(S(N)(=O)=O)c1)c1ccccc1. The third-order valence-corrected chi connectivity index (χ3v) is 5.22. The number of nitrogens with one attached hydrogen (secondary N) is 2. The monoisotopic (exact) mass is 390 g/mol. The Labute approximate surface area is 160 Å². The zero-order valence-corrected chi connectivity index (χ0v) is 16.4. The van der Waals surface area contributed by atoms with Crippen molar-refractivity contribution in [2.75, 3.05) is 25.0 Å². The second kappa shape index (κ2) is 9.50. The minimum Gasteiger partial charge on any atom is -0.336 e. The summed E-state index contributed by atoms with van der Waals surface area (Å²) in [4.78, 5) is 14.5. The molecule has 2 aromatic rings. The van der Waals surface area contributed by atoms with Crippen molar-refractivity contribution in [3.63, 3.8) is 0 Å². The van der Waals surface area contributed by atoms with E-state index in [1.54, 1.807) is 6.07 Å². The summed E-state index contributed by atoms with van der Waals surface area (Å²) in [5.41, 5.74) is 1.48. The summed E-state index contributed by atoms with van der Waals surface area (Å²) in [5, 5.41) is 10.6. The first-order valence-corrected chi connectivity index (χ1v) is 10.4. The highest BCUT2D eigenvalue weighted by Crippen LogP contribution is 2.19. The van der Waals surface area contributed by atoms with Crippen molar-refractivity contribution in [3.05, 3.63) is 60.2 Å². The van der Waals surface area contributed by atoms with Gasteiger partial charge in [-0.3, -0.25) is 4.90 Å². The molecule has 27 heavy (non-hydrogen) atoms. The van der Waals surface area contributed by atoms with Crippen LogP contribution in [0.3, 0.4) is 0 Å². The van der Waals surface area contributed by atoms with Gasteiger partial charge in [-0.15, -0.1) is 0 Å². The molecule has 1 atom stereocenters. The van der Waals surface area contributed by atoms with Crippen molar-refractivity contribution in [3.8, 4) is 0 Å². The fraction of sp³-hybridized carbons (Fsp3) is 0.316. The average Bonchev–Trinajstić information content (AvgIpc) is 2.65. The number of carbonyl (C=O) groups excluding carboxylic acids is 1. The lowest BCUT2D eigenvalue weighted by molar-refractivity contribution is 0.210. The van der Waals surface area contributed by atoms with Gasteiger partial charge in [-0.2, -0.15) is 0 Å². The molecule has 2 amide bonds. The number of nitrogens with two attached hydrogens (primary N) is 1. The zero-order valence-electron chi connectivity index (χ0n) is 15.6. The predicted octanol–water partition coefficient (Wildman–Crippen LogP) is 2.54. The van der Waals surface area contributed by atoms with Crippen LogP contribution in [0.25, 0.3) is 0 Å². The number of benzene rings is 2. The summed E-state index contributed by atoms with van der Waals surface area (Å²) < 4.78 is 22.9. The van der Waals surface area contributed by atoms with Gasteiger partial charge >= 0.3 is 6.03 Å². The summed E-state index contributed by atoms with van der Waals surface area (Å²) in [7, 11) is -3.82. The standard InChI is InChI=1S/C19H26N4O3S/c1-3-23(4-2)18(15-9-6-5-7-10-15)14-21-19(24)22-16-11-8-12-17(13-16)27(20,25)26/h5-13,18H,3-4,14H2,1-2H3,(H2,20,25,26)(H2,21,22,24). The second-order valence-corrected chi connectivity index (χ2v) is 7.62. The molecule has 0 radical (unpaired) electrons. The number of urea groups is 1. The molecule has 0 aliphatic rings. The highest BCUT2D eigenvalue weighted by Gasteiger charge is 2.18. The van der Waals surface area contributed by atoms with Crippen molar-refractivity contribution >= 4 is 21.7 Å². The Balaban J connectivity index is 2.06. The Bertz CT molecular complexity index is 852. The maximum Gasteiger partial charge on any atom is 0.319 e. The summed E-state index contributed by atoms with van der Waals surface area (Å²) >= 11 is 0. The van der Waals surface area contributed by atoms with Crippen molar-refractivity contribution in [2.45, 2.75) is 24.8 Å². The number of likely N-dealkylation sites (N-methyl/N-ethyl adjacent to an activating group) is 1. The first kappa shape index (κ1) is 20.9. The quantitative estimate of drug-likeness (QED) is 0.644. The normalized spacial score (nSPS) is 12.6. The molecule has 0 aliphatic heterocycles. The number of anilines is 1. The Kier molecular flexibility index (Phi) is 7.35. The maximum atomic E-state index is 12.3. The molecule has 7 nitrogen and oxygen atoms in total. The van der Waals surface area contributed by atoms with Gasteiger partial charge in [-0.25, -0.2) is 18.4 Å². The molecule has 0 heterocycles. The van der Waals surface area contributed by atoms with Crippen LogP contribution < -0.4 is 15.8 Å². The van der Waals surface area contributed by atoms with E-state index in [9.17, 15) is 13.2 Å². The molecule has 0 aromatic heterocycles. The molecule has 146 valence electrons. The first-order chi connectivity index (χ1) is 12.8. The molecule has 2 rings (SSSR count). The third kappa shape index (κ3) is 6.06. The Morgan fingerprint density at radius 1 is 1.07 bits per heavy atom. The number of hydrogen-bond acceptors (Lipinski definition) is 4. The maximum absolute atomic E-state index is 12.3. The number of nitrogens with zero attached hydrogens (tertiary/aromatic N) is 1. The van der Waals surface area contributed by atoms with Gasteiger partial charge in [0.25, 0.3) is 0 Å². The Morgan fingerprint density at radius 2 is 1.74 bits per heavy atom. The molecular formula is C19H26N4O3S. The molecule has 0 fully saturated rings. The van der Waals surface area contributed by atoms with E-state index in [1.165, 1.54) is 18.2 Å². The van der Waals surface area contributed by atoms with E-state index in [0.29, 0.717) is 12.2 Å². The lowest BCUT2D eigenvalue weighted by Gasteiger charge is -2.30. The largest absolute Gasteiger partial charge is 0.336 e. The van der Waals surface area contributed by atoms with E-state index in [-0.39, 0.29) is 10.9 Å². The summed E-state index contributed by atoms with van der Waals surface area (Å²) in [6.45, 7) is 6.30. The predicted molar refractivity (Wildman–Crippen MR) is 107 cm³/mol. The molecular weight excluding hydrogens is 364 g/mol. The van der Waals surface area contributed by atoms with Gasteiger partial charge in [0, 0.05) is 12.2 Å². The van der Waals surface area contributed by atoms with Gasteiger partial charge in [0.2, 0.25) is 10.0 Å². The average molecular weight is 391 g/mol. The van der Waals surface area contributed by atoms with Crippen LogP contribution in [0.1, 0.15) is 25.5 Å². The van der Waals surface area contributed by atoms with Gasteiger partial charge in [0.1, 0.15) is 0 Å². The van der Waals surface area contributed by atoms with Gasteiger partial charge in [-0.1, -0.05) is 50.2 Å². The molecule has 0 aliphatic carbocycles. The fourth-order valence-corrected chi connectivity index (χ4v) is 3.47. The second-order valence-electron chi connectivity index (χ2n) is 6.06. The van der Waals surface area contributed by atoms with Crippen LogP contribution in [0.2, 0.25) is 0 Å². The van der Waals surface area contributed by atoms with Gasteiger partial charge < -0.3 is 10.6 Å². The molecule has 1 unspecified atom stereocenters. The van der Waals surface area contributed by atoms with Crippen LogP contribution in [0.4, 0.5) is 10.5 Å². The van der Waals surface area contributed by atoms with E-state index in [1.807, 2.05) is 30.3 Å². The Hall–Kier alpha value is -2.42. The van der Waals surface area contributed by atoms with Gasteiger partial charge in [-0.05, 0) is 36.9 Å². The van der Waals surface area contributed by atoms with E-state index in [4.69, 9.17) is 5.14 Å². The number of carbonyl (C=O) groups is 1. The summed E-state index contributed by atoms with van der Waals surface area (Å²) in [5.74, 6) is 0. The molecule has 0 spiro atoms.